The first-order chi connectivity index (χ1) is 18.0. The number of rotatable bonds is 9. The summed E-state index contributed by atoms with van der Waals surface area (Å²) in [6, 6.07) is 7.85. The van der Waals surface area contributed by atoms with Crippen molar-refractivity contribution >= 4 is 38.4 Å². The predicted octanol–water partition coefficient (Wildman–Crippen LogP) is 5.11. The molecule has 200 valence electrons. The van der Waals surface area contributed by atoms with Gasteiger partial charge >= 0.3 is 0 Å². The van der Waals surface area contributed by atoms with Gasteiger partial charge in [0.2, 0.25) is 16.0 Å². The SMILES string of the molecule is CS(=O)(=O)N(CCCN1CCCCC1)c1ccc(Nc2ncc3cnn(C4CCCCCC4)c3n2)cc1. The third kappa shape index (κ3) is 6.59. The van der Waals surface area contributed by atoms with E-state index in [1.54, 1.807) is 0 Å². The highest BCUT2D eigenvalue weighted by atomic mass is 32.2. The molecule has 0 amide bonds. The molecular formula is C27H39N7O2S. The lowest BCUT2D eigenvalue weighted by atomic mass is 10.1. The van der Waals surface area contributed by atoms with Crippen LogP contribution in [0.1, 0.15) is 70.3 Å². The van der Waals surface area contributed by atoms with E-state index < -0.39 is 10.0 Å². The lowest BCUT2D eigenvalue weighted by Gasteiger charge is -2.28. The number of anilines is 3. The summed E-state index contributed by atoms with van der Waals surface area (Å²) < 4.78 is 28.7. The van der Waals surface area contributed by atoms with Crippen molar-refractivity contribution < 1.29 is 8.42 Å². The molecule has 5 rings (SSSR count). The number of piperidine rings is 1. The number of benzene rings is 1. The van der Waals surface area contributed by atoms with E-state index >= 15 is 0 Å². The van der Waals surface area contributed by atoms with Crippen molar-refractivity contribution in [2.45, 2.75) is 70.3 Å². The maximum atomic E-state index is 12.5. The van der Waals surface area contributed by atoms with Crippen molar-refractivity contribution in [1.82, 2.24) is 24.6 Å². The van der Waals surface area contributed by atoms with Gasteiger partial charge < -0.3 is 10.2 Å². The summed E-state index contributed by atoms with van der Waals surface area (Å²) in [5, 5.41) is 8.86. The molecule has 37 heavy (non-hydrogen) atoms. The van der Waals surface area contributed by atoms with Crippen LogP contribution < -0.4 is 9.62 Å². The molecule has 0 bridgehead atoms. The van der Waals surface area contributed by atoms with Crippen LogP contribution in [0.15, 0.2) is 36.7 Å². The van der Waals surface area contributed by atoms with Gasteiger partial charge in [-0.15, -0.1) is 0 Å². The van der Waals surface area contributed by atoms with Crippen molar-refractivity contribution in [2.75, 3.05) is 42.1 Å². The van der Waals surface area contributed by atoms with Gasteiger partial charge in [-0.2, -0.15) is 10.1 Å². The minimum absolute atomic E-state index is 0.388. The highest BCUT2D eigenvalue weighted by Crippen LogP contribution is 2.29. The van der Waals surface area contributed by atoms with Crippen LogP contribution in [0.2, 0.25) is 0 Å². The van der Waals surface area contributed by atoms with Crippen LogP contribution in [0.4, 0.5) is 17.3 Å². The molecule has 0 atom stereocenters. The third-order valence-electron chi connectivity index (χ3n) is 7.60. The number of nitrogens with zero attached hydrogens (tertiary/aromatic N) is 6. The molecule has 1 N–H and O–H groups in total. The summed E-state index contributed by atoms with van der Waals surface area (Å²) in [6.07, 6.45) is 16.9. The monoisotopic (exact) mass is 525 g/mol. The Morgan fingerprint density at radius 2 is 1.68 bits per heavy atom. The van der Waals surface area contributed by atoms with Crippen LogP contribution in [-0.4, -0.2) is 65.5 Å². The predicted molar refractivity (Wildman–Crippen MR) is 149 cm³/mol. The largest absolute Gasteiger partial charge is 0.324 e. The first kappa shape index (κ1) is 25.9. The number of likely N-dealkylation sites (tertiary alicyclic amines) is 1. The second-order valence-corrected chi connectivity index (χ2v) is 12.4. The highest BCUT2D eigenvalue weighted by molar-refractivity contribution is 7.92. The number of sulfonamides is 1. The molecule has 1 saturated heterocycles. The quantitative estimate of drug-likeness (QED) is 0.388. The lowest BCUT2D eigenvalue weighted by Crippen LogP contribution is -2.35. The van der Waals surface area contributed by atoms with Gasteiger partial charge in [0, 0.05) is 18.4 Å². The Morgan fingerprint density at radius 1 is 0.973 bits per heavy atom. The van der Waals surface area contributed by atoms with Gasteiger partial charge in [0.25, 0.3) is 0 Å². The molecule has 9 nitrogen and oxygen atoms in total. The maximum Gasteiger partial charge on any atom is 0.232 e. The molecule has 2 aliphatic rings. The number of hydrogen-bond acceptors (Lipinski definition) is 7. The van der Waals surface area contributed by atoms with Gasteiger partial charge in [0.15, 0.2) is 5.65 Å². The molecule has 0 unspecified atom stereocenters. The van der Waals surface area contributed by atoms with Crippen LogP contribution in [-0.2, 0) is 10.0 Å². The van der Waals surface area contributed by atoms with Gasteiger partial charge in [0.1, 0.15) is 0 Å². The van der Waals surface area contributed by atoms with E-state index in [0.29, 0.717) is 24.2 Å². The number of aromatic nitrogens is 4. The first-order valence-electron chi connectivity index (χ1n) is 13.7. The summed E-state index contributed by atoms with van der Waals surface area (Å²) in [4.78, 5) is 11.7. The number of nitrogens with one attached hydrogen (secondary N) is 1. The fourth-order valence-electron chi connectivity index (χ4n) is 5.61. The molecule has 3 heterocycles. The molecule has 2 fully saturated rings. The average Bonchev–Trinajstić information content (AvgIpc) is 3.12. The van der Waals surface area contributed by atoms with Crippen molar-refractivity contribution in [3.63, 3.8) is 0 Å². The Kier molecular flexibility index (Phi) is 8.24. The van der Waals surface area contributed by atoms with Crippen molar-refractivity contribution in [3.05, 3.63) is 36.7 Å². The fraction of sp³-hybridized carbons (Fsp3) is 0.593. The van der Waals surface area contributed by atoms with E-state index in [-0.39, 0.29) is 0 Å². The van der Waals surface area contributed by atoms with E-state index in [4.69, 9.17) is 4.98 Å². The van der Waals surface area contributed by atoms with Gasteiger partial charge in [-0.25, -0.2) is 18.1 Å². The third-order valence-corrected chi connectivity index (χ3v) is 8.79. The number of fused-ring (bicyclic) bond motifs is 1. The Hall–Kier alpha value is -2.72. The Morgan fingerprint density at radius 3 is 2.38 bits per heavy atom. The summed E-state index contributed by atoms with van der Waals surface area (Å²) in [5.74, 6) is 0.511. The smallest absolute Gasteiger partial charge is 0.232 e. The minimum atomic E-state index is -3.37. The molecule has 0 radical (unpaired) electrons. The number of hydrogen-bond donors (Lipinski definition) is 1. The van der Waals surface area contributed by atoms with Gasteiger partial charge in [-0.3, -0.25) is 4.31 Å². The molecule has 3 aromatic rings. The van der Waals surface area contributed by atoms with E-state index in [1.807, 2.05) is 36.7 Å². The normalized spacial score (nSPS) is 18.1. The van der Waals surface area contributed by atoms with Gasteiger partial charge in [0.05, 0.1) is 29.6 Å². The zero-order chi connectivity index (χ0) is 25.7. The van der Waals surface area contributed by atoms with Gasteiger partial charge in [-0.1, -0.05) is 32.1 Å². The summed E-state index contributed by atoms with van der Waals surface area (Å²) in [7, 11) is -3.37. The van der Waals surface area contributed by atoms with Crippen LogP contribution in [0, 0.1) is 0 Å². The topological polar surface area (TPSA) is 96.3 Å². The molecule has 1 aliphatic heterocycles. The zero-order valence-corrected chi connectivity index (χ0v) is 22.7. The standard InChI is InChI=1S/C27H39N7O2S/c1-37(35,36)33(19-9-18-32-16-7-4-8-17-32)24-14-12-23(13-15-24)30-27-28-20-22-21-29-34(26(22)31-27)25-10-5-2-3-6-11-25/h12-15,20-21,25H,2-11,16-19H2,1H3,(H,28,30,31). The molecule has 1 aromatic carbocycles. The van der Waals surface area contributed by atoms with Crippen molar-refractivity contribution in [2.24, 2.45) is 0 Å². The molecule has 0 spiro atoms. The van der Waals surface area contributed by atoms with E-state index in [2.05, 4.69) is 25.0 Å². The molecule has 10 heteroatoms. The van der Waals surface area contributed by atoms with E-state index in [9.17, 15) is 8.42 Å². The lowest BCUT2D eigenvalue weighted by molar-refractivity contribution is 0.228. The second kappa shape index (κ2) is 11.8. The van der Waals surface area contributed by atoms with E-state index in [1.165, 1.54) is 55.5 Å². The average molecular weight is 526 g/mol. The fourth-order valence-corrected chi connectivity index (χ4v) is 6.58. The maximum absolute atomic E-state index is 12.5. The Balaban J connectivity index is 1.26. The zero-order valence-electron chi connectivity index (χ0n) is 21.8. The highest BCUT2D eigenvalue weighted by Gasteiger charge is 2.20. The summed E-state index contributed by atoms with van der Waals surface area (Å²) in [5.41, 5.74) is 2.35. The van der Waals surface area contributed by atoms with E-state index in [0.717, 1.165) is 55.6 Å². The van der Waals surface area contributed by atoms with Crippen LogP contribution in [0.3, 0.4) is 0 Å². The molecule has 2 aromatic heterocycles. The Bertz CT molecular complexity index is 1260. The summed E-state index contributed by atoms with van der Waals surface area (Å²) in [6.45, 7) is 3.65. The van der Waals surface area contributed by atoms with Crippen molar-refractivity contribution in [1.29, 1.82) is 0 Å². The molecule has 1 aliphatic carbocycles. The minimum Gasteiger partial charge on any atom is -0.324 e. The Labute approximate surface area is 220 Å². The van der Waals surface area contributed by atoms with Crippen molar-refractivity contribution in [3.8, 4) is 0 Å². The molecule has 1 saturated carbocycles. The first-order valence-corrected chi connectivity index (χ1v) is 15.6. The van der Waals surface area contributed by atoms with Crippen LogP contribution in [0.5, 0.6) is 0 Å². The second-order valence-electron chi connectivity index (χ2n) is 10.5. The van der Waals surface area contributed by atoms with Crippen LogP contribution in [0.25, 0.3) is 11.0 Å². The summed E-state index contributed by atoms with van der Waals surface area (Å²) >= 11 is 0. The molecular weight excluding hydrogens is 486 g/mol. The van der Waals surface area contributed by atoms with Crippen LogP contribution >= 0.6 is 0 Å². The van der Waals surface area contributed by atoms with Gasteiger partial charge in [-0.05, 0) is 76.0 Å².